The number of sulfone groups is 1. The molecule has 0 bridgehead atoms. The van der Waals surface area contributed by atoms with Crippen LogP contribution in [0.2, 0.25) is 0 Å². The van der Waals surface area contributed by atoms with Crippen LogP contribution >= 0.6 is 0 Å². The third-order valence-corrected chi connectivity index (χ3v) is 7.51. The minimum atomic E-state index is -2.85. The monoisotopic (exact) mass is 395 g/mol. The fraction of sp³-hybridized carbons (Fsp3) is 0.526. The summed E-state index contributed by atoms with van der Waals surface area (Å²) in [7, 11) is -2.85. The number of aromatic nitrogens is 2. The van der Waals surface area contributed by atoms with Crippen LogP contribution in [0.1, 0.15) is 31.7 Å². The second-order valence-corrected chi connectivity index (χ2v) is 9.71. The van der Waals surface area contributed by atoms with Gasteiger partial charge in [-0.15, -0.1) is 0 Å². The predicted molar refractivity (Wildman–Crippen MR) is 99.1 cm³/mol. The lowest BCUT2D eigenvalue weighted by molar-refractivity contribution is 0.127. The molecule has 0 aliphatic carbocycles. The first-order valence-electron chi connectivity index (χ1n) is 9.36. The molecule has 2 saturated heterocycles. The molecule has 3 heterocycles. The highest BCUT2D eigenvalue weighted by atomic mass is 32.2. The van der Waals surface area contributed by atoms with Gasteiger partial charge in [-0.1, -0.05) is 6.07 Å². The van der Waals surface area contributed by atoms with E-state index >= 15 is 0 Å². The van der Waals surface area contributed by atoms with Crippen molar-refractivity contribution in [2.24, 2.45) is 0 Å². The van der Waals surface area contributed by atoms with Gasteiger partial charge in [-0.2, -0.15) is 0 Å². The van der Waals surface area contributed by atoms with E-state index in [0.29, 0.717) is 24.7 Å². The van der Waals surface area contributed by atoms with Gasteiger partial charge >= 0.3 is 0 Å². The fourth-order valence-corrected chi connectivity index (χ4v) is 5.73. The van der Waals surface area contributed by atoms with E-state index in [1.165, 1.54) is 6.07 Å². The van der Waals surface area contributed by atoms with Crippen molar-refractivity contribution in [3.8, 4) is 11.4 Å². The topological polar surface area (TPSA) is 55.2 Å². The van der Waals surface area contributed by atoms with Gasteiger partial charge in [-0.3, -0.25) is 0 Å². The van der Waals surface area contributed by atoms with Gasteiger partial charge in [-0.25, -0.2) is 22.2 Å². The molecule has 0 radical (unpaired) electrons. The molecule has 146 valence electrons. The normalized spacial score (nSPS) is 22.1. The quantitative estimate of drug-likeness (QED) is 0.802. The molecule has 2 aliphatic heterocycles. The molecule has 0 amide bonds. The SMILES string of the molecule is O=S1(=O)CCC(N2CCC(n3ccnc3-c3cccc(F)c3F)CC2)CC1. The van der Waals surface area contributed by atoms with E-state index in [1.807, 2.05) is 10.8 Å². The zero-order chi connectivity index (χ0) is 19.0. The molecule has 0 N–H and O–H groups in total. The zero-order valence-corrected chi connectivity index (χ0v) is 15.8. The molecule has 5 nitrogen and oxygen atoms in total. The zero-order valence-electron chi connectivity index (χ0n) is 15.0. The first-order chi connectivity index (χ1) is 12.9. The number of piperidine rings is 1. The highest BCUT2D eigenvalue weighted by Crippen LogP contribution is 2.31. The fourth-order valence-electron chi connectivity index (χ4n) is 4.26. The van der Waals surface area contributed by atoms with Gasteiger partial charge in [0.05, 0.1) is 17.1 Å². The Kier molecular flexibility index (Phi) is 5.03. The van der Waals surface area contributed by atoms with Crippen LogP contribution in [0, 0.1) is 11.6 Å². The molecule has 4 rings (SSSR count). The number of benzene rings is 1. The van der Waals surface area contributed by atoms with Crippen LogP contribution in [0.3, 0.4) is 0 Å². The van der Waals surface area contributed by atoms with E-state index in [2.05, 4.69) is 9.88 Å². The predicted octanol–water partition coefficient (Wildman–Crippen LogP) is 3.04. The molecule has 0 atom stereocenters. The highest BCUT2D eigenvalue weighted by molar-refractivity contribution is 7.91. The Morgan fingerprint density at radius 2 is 1.70 bits per heavy atom. The summed E-state index contributed by atoms with van der Waals surface area (Å²) in [4.78, 5) is 6.64. The summed E-state index contributed by atoms with van der Waals surface area (Å²) in [5.41, 5.74) is 0.180. The van der Waals surface area contributed by atoms with E-state index < -0.39 is 21.5 Å². The van der Waals surface area contributed by atoms with Gasteiger partial charge in [0.2, 0.25) is 0 Å². The van der Waals surface area contributed by atoms with Crippen LogP contribution in [0.15, 0.2) is 30.6 Å². The van der Waals surface area contributed by atoms with Gasteiger partial charge in [0.15, 0.2) is 11.6 Å². The summed E-state index contributed by atoms with van der Waals surface area (Å²) in [6.45, 7) is 1.75. The molecular formula is C19H23F2N3O2S. The molecular weight excluding hydrogens is 372 g/mol. The maximum absolute atomic E-state index is 14.2. The van der Waals surface area contributed by atoms with Crippen LogP contribution < -0.4 is 0 Å². The van der Waals surface area contributed by atoms with E-state index in [1.54, 1.807) is 12.3 Å². The van der Waals surface area contributed by atoms with Crippen molar-refractivity contribution in [2.45, 2.75) is 37.8 Å². The minimum Gasteiger partial charge on any atom is -0.328 e. The van der Waals surface area contributed by atoms with Crippen molar-refractivity contribution in [1.29, 1.82) is 0 Å². The van der Waals surface area contributed by atoms with Gasteiger partial charge in [0, 0.05) is 37.6 Å². The molecule has 2 aromatic rings. The molecule has 2 fully saturated rings. The third kappa shape index (κ3) is 3.78. The van der Waals surface area contributed by atoms with Crippen molar-refractivity contribution in [3.05, 3.63) is 42.2 Å². The van der Waals surface area contributed by atoms with Gasteiger partial charge in [-0.05, 0) is 37.8 Å². The number of hydrogen-bond acceptors (Lipinski definition) is 4. The number of nitrogens with zero attached hydrogens (tertiary/aromatic N) is 3. The molecule has 0 unspecified atom stereocenters. The minimum absolute atomic E-state index is 0.175. The van der Waals surface area contributed by atoms with Gasteiger partial charge in [0.1, 0.15) is 15.7 Å². The Morgan fingerprint density at radius 3 is 2.41 bits per heavy atom. The lowest BCUT2D eigenvalue weighted by Crippen LogP contribution is -2.45. The lowest BCUT2D eigenvalue weighted by atomic mass is 10.00. The van der Waals surface area contributed by atoms with Gasteiger partial charge < -0.3 is 9.47 Å². The average molecular weight is 395 g/mol. The highest BCUT2D eigenvalue weighted by Gasteiger charge is 2.31. The van der Waals surface area contributed by atoms with E-state index in [9.17, 15) is 17.2 Å². The van der Waals surface area contributed by atoms with Crippen molar-refractivity contribution < 1.29 is 17.2 Å². The smallest absolute Gasteiger partial charge is 0.169 e. The number of likely N-dealkylation sites (tertiary alicyclic amines) is 1. The Morgan fingerprint density at radius 1 is 1.00 bits per heavy atom. The summed E-state index contributed by atoms with van der Waals surface area (Å²) in [5, 5.41) is 0. The van der Waals surface area contributed by atoms with E-state index in [-0.39, 0.29) is 23.1 Å². The molecule has 2 aliphatic rings. The molecule has 1 aromatic carbocycles. The summed E-state index contributed by atoms with van der Waals surface area (Å²) in [6.07, 6.45) is 6.62. The first kappa shape index (κ1) is 18.6. The maximum Gasteiger partial charge on any atom is 0.169 e. The molecule has 0 saturated carbocycles. The Hall–Kier alpha value is -1.80. The van der Waals surface area contributed by atoms with Crippen LogP contribution in [0.4, 0.5) is 8.78 Å². The Balaban J connectivity index is 1.45. The maximum atomic E-state index is 14.2. The van der Waals surface area contributed by atoms with Crippen LogP contribution in [-0.2, 0) is 9.84 Å². The average Bonchev–Trinajstić information content (AvgIpc) is 3.14. The number of hydrogen-bond donors (Lipinski definition) is 0. The van der Waals surface area contributed by atoms with E-state index in [0.717, 1.165) is 32.0 Å². The van der Waals surface area contributed by atoms with Gasteiger partial charge in [0.25, 0.3) is 0 Å². The summed E-state index contributed by atoms with van der Waals surface area (Å²) < 4.78 is 53.0. The standard InChI is InChI=1S/C19H23F2N3O2S/c20-17-3-1-2-16(18(17)21)19-22-8-11-24(19)15-4-9-23(10-5-15)14-6-12-27(25,26)13-7-14/h1-3,8,11,14-15H,4-7,9-10,12-13H2. The first-order valence-corrected chi connectivity index (χ1v) is 11.2. The number of imidazole rings is 1. The van der Waals surface area contributed by atoms with Crippen molar-refractivity contribution in [2.75, 3.05) is 24.6 Å². The summed E-state index contributed by atoms with van der Waals surface area (Å²) in [5.74, 6) is -0.728. The van der Waals surface area contributed by atoms with Crippen LogP contribution in [0.5, 0.6) is 0 Å². The third-order valence-electron chi connectivity index (χ3n) is 5.79. The second kappa shape index (κ2) is 7.31. The van der Waals surface area contributed by atoms with Crippen molar-refractivity contribution >= 4 is 9.84 Å². The number of rotatable bonds is 3. The molecule has 27 heavy (non-hydrogen) atoms. The largest absolute Gasteiger partial charge is 0.328 e. The lowest BCUT2D eigenvalue weighted by Gasteiger charge is -2.39. The summed E-state index contributed by atoms with van der Waals surface area (Å²) in [6, 6.07) is 4.65. The Labute approximate surface area is 157 Å². The van der Waals surface area contributed by atoms with E-state index in [4.69, 9.17) is 0 Å². The van der Waals surface area contributed by atoms with Crippen molar-refractivity contribution in [1.82, 2.24) is 14.5 Å². The second-order valence-electron chi connectivity index (χ2n) is 7.41. The number of halogens is 2. The van der Waals surface area contributed by atoms with Crippen LogP contribution in [0.25, 0.3) is 11.4 Å². The van der Waals surface area contributed by atoms with Crippen LogP contribution in [-0.4, -0.2) is 53.5 Å². The molecule has 8 heteroatoms. The molecule has 1 aromatic heterocycles. The Bertz CT molecular complexity index is 907. The summed E-state index contributed by atoms with van der Waals surface area (Å²) >= 11 is 0. The van der Waals surface area contributed by atoms with Crippen molar-refractivity contribution in [3.63, 3.8) is 0 Å². The molecule has 0 spiro atoms.